The Morgan fingerprint density at radius 1 is 1.11 bits per heavy atom. The Bertz CT molecular complexity index is 567. The normalized spacial score (nSPS) is 15.8. The van der Waals surface area contributed by atoms with Crippen LogP contribution in [0.15, 0.2) is 24.3 Å². The van der Waals surface area contributed by atoms with Crippen molar-refractivity contribution in [3.63, 3.8) is 0 Å². The summed E-state index contributed by atoms with van der Waals surface area (Å²) in [6.07, 6.45) is 0. The number of hydrogen-bond acceptors (Lipinski definition) is 3. The van der Waals surface area contributed by atoms with Crippen molar-refractivity contribution in [1.82, 2.24) is 15.5 Å². The summed E-state index contributed by atoms with van der Waals surface area (Å²) in [5.74, 6) is 1.05. The SMILES string of the molecule is Cc1ccc(C)c(-c2cc(N3CCNCC3)n[nH]2)c1. The zero-order valence-corrected chi connectivity index (χ0v) is 11.5. The molecule has 0 aliphatic carbocycles. The number of rotatable bonds is 2. The second kappa shape index (κ2) is 5.05. The molecule has 2 heterocycles. The van der Waals surface area contributed by atoms with Crippen LogP contribution >= 0.6 is 0 Å². The largest absolute Gasteiger partial charge is 0.353 e. The molecule has 0 bridgehead atoms. The minimum Gasteiger partial charge on any atom is -0.353 e. The van der Waals surface area contributed by atoms with Gasteiger partial charge in [-0.25, -0.2) is 0 Å². The fraction of sp³-hybridized carbons (Fsp3) is 0.400. The summed E-state index contributed by atoms with van der Waals surface area (Å²) < 4.78 is 0. The molecular formula is C15H20N4. The van der Waals surface area contributed by atoms with Crippen LogP contribution in [0.2, 0.25) is 0 Å². The molecular weight excluding hydrogens is 236 g/mol. The van der Waals surface area contributed by atoms with Gasteiger partial charge < -0.3 is 10.2 Å². The van der Waals surface area contributed by atoms with Gasteiger partial charge >= 0.3 is 0 Å². The van der Waals surface area contributed by atoms with Crippen LogP contribution in [0.5, 0.6) is 0 Å². The summed E-state index contributed by atoms with van der Waals surface area (Å²) in [6, 6.07) is 8.68. The number of piperazine rings is 1. The minimum atomic E-state index is 1.02. The molecule has 0 spiro atoms. The molecule has 1 aromatic carbocycles. The van der Waals surface area contributed by atoms with Gasteiger partial charge in [-0.05, 0) is 25.5 Å². The van der Waals surface area contributed by atoms with Gasteiger partial charge in [0.25, 0.3) is 0 Å². The van der Waals surface area contributed by atoms with Crippen LogP contribution in [0.1, 0.15) is 11.1 Å². The second-order valence-corrected chi connectivity index (χ2v) is 5.20. The van der Waals surface area contributed by atoms with Gasteiger partial charge in [0.15, 0.2) is 5.82 Å². The molecule has 1 aliphatic rings. The summed E-state index contributed by atoms with van der Waals surface area (Å²) in [6.45, 7) is 8.38. The molecule has 2 aromatic rings. The van der Waals surface area contributed by atoms with E-state index < -0.39 is 0 Å². The molecule has 100 valence electrons. The lowest BCUT2D eigenvalue weighted by atomic mass is 10.0. The van der Waals surface area contributed by atoms with Crippen LogP contribution < -0.4 is 10.2 Å². The Morgan fingerprint density at radius 2 is 1.89 bits per heavy atom. The molecule has 1 aromatic heterocycles. The third kappa shape index (κ3) is 2.49. The number of H-pyrrole nitrogens is 1. The van der Waals surface area contributed by atoms with Crippen LogP contribution in [0.4, 0.5) is 5.82 Å². The molecule has 4 nitrogen and oxygen atoms in total. The molecule has 1 aliphatic heterocycles. The number of nitrogens with one attached hydrogen (secondary N) is 2. The highest BCUT2D eigenvalue weighted by molar-refractivity contribution is 5.67. The Labute approximate surface area is 113 Å². The quantitative estimate of drug-likeness (QED) is 0.865. The standard InChI is InChI=1S/C15H20N4/c1-11-3-4-12(2)13(9-11)14-10-15(18-17-14)19-7-5-16-6-8-19/h3-4,9-10,16H,5-8H2,1-2H3,(H,17,18). The lowest BCUT2D eigenvalue weighted by Gasteiger charge is -2.26. The second-order valence-electron chi connectivity index (χ2n) is 5.20. The van der Waals surface area contributed by atoms with Gasteiger partial charge in [0, 0.05) is 37.8 Å². The van der Waals surface area contributed by atoms with E-state index >= 15 is 0 Å². The molecule has 0 radical (unpaired) electrons. The van der Waals surface area contributed by atoms with Crippen molar-refractivity contribution in [2.24, 2.45) is 0 Å². The number of anilines is 1. The average Bonchev–Trinajstić information content (AvgIpc) is 2.92. The third-order valence-electron chi connectivity index (χ3n) is 3.69. The molecule has 19 heavy (non-hydrogen) atoms. The number of nitrogens with zero attached hydrogens (tertiary/aromatic N) is 2. The third-order valence-corrected chi connectivity index (χ3v) is 3.69. The average molecular weight is 256 g/mol. The van der Waals surface area contributed by atoms with Crippen molar-refractivity contribution in [1.29, 1.82) is 0 Å². The van der Waals surface area contributed by atoms with Crippen molar-refractivity contribution in [3.05, 3.63) is 35.4 Å². The summed E-state index contributed by atoms with van der Waals surface area (Å²) in [4.78, 5) is 2.32. The van der Waals surface area contributed by atoms with Gasteiger partial charge in [0.1, 0.15) is 0 Å². The van der Waals surface area contributed by atoms with Gasteiger partial charge in [-0.15, -0.1) is 0 Å². The highest BCUT2D eigenvalue weighted by Crippen LogP contribution is 2.25. The van der Waals surface area contributed by atoms with Crippen molar-refractivity contribution in [2.45, 2.75) is 13.8 Å². The van der Waals surface area contributed by atoms with Crippen LogP contribution in [0, 0.1) is 13.8 Å². The number of aromatic nitrogens is 2. The first-order chi connectivity index (χ1) is 9.24. The molecule has 0 unspecified atom stereocenters. The van der Waals surface area contributed by atoms with E-state index in [2.05, 4.69) is 58.5 Å². The molecule has 2 N–H and O–H groups in total. The predicted molar refractivity (Wildman–Crippen MR) is 78.6 cm³/mol. The van der Waals surface area contributed by atoms with Gasteiger partial charge in [0.05, 0.1) is 5.69 Å². The molecule has 0 amide bonds. The van der Waals surface area contributed by atoms with Crippen LogP contribution in [-0.4, -0.2) is 36.4 Å². The fourth-order valence-corrected chi connectivity index (χ4v) is 2.53. The first-order valence-corrected chi connectivity index (χ1v) is 6.83. The number of aryl methyl sites for hydroxylation is 2. The van der Waals surface area contributed by atoms with E-state index in [1.807, 2.05) is 0 Å². The van der Waals surface area contributed by atoms with Gasteiger partial charge in [0.2, 0.25) is 0 Å². The van der Waals surface area contributed by atoms with Crippen molar-refractivity contribution in [3.8, 4) is 11.3 Å². The first-order valence-electron chi connectivity index (χ1n) is 6.83. The zero-order chi connectivity index (χ0) is 13.2. The van der Waals surface area contributed by atoms with Crippen LogP contribution in [0.25, 0.3) is 11.3 Å². The Balaban J connectivity index is 1.89. The lowest BCUT2D eigenvalue weighted by Crippen LogP contribution is -2.43. The molecule has 1 fully saturated rings. The van der Waals surface area contributed by atoms with E-state index in [4.69, 9.17) is 0 Å². The molecule has 0 saturated carbocycles. The van der Waals surface area contributed by atoms with E-state index in [-0.39, 0.29) is 0 Å². The van der Waals surface area contributed by atoms with E-state index in [0.717, 1.165) is 37.7 Å². The maximum Gasteiger partial charge on any atom is 0.151 e. The minimum absolute atomic E-state index is 1.02. The molecule has 3 rings (SSSR count). The number of hydrogen-bond donors (Lipinski definition) is 2. The van der Waals surface area contributed by atoms with E-state index in [1.54, 1.807) is 0 Å². The first kappa shape index (κ1) is 12.2. The van der Waals surface area contributed by atoms with E-state index in [1.165, 1.54) is 16.7 Å². The maximum absolute atomic E-state index is 4.46. The Hall–Kier alpha value is -1.81. The molecule has 1 saturated heterocycles. The predicted octanol–water partition coefficient (Wildman–Crippen LogP) is 2.10. The molecule has 0 atom stereocenters. The van der Waals surface area contributed by atoms with Crippen LogP contribution in [-0.2, 0) is 0 Å². The van der Waals surface area contributed by atoms with Gasteiger partial charge in [-0.2, -0.15) is 5.10 Å². The highest BCUT2D eigenvalue weighted by Gasteiger charge is 2.14. The lowest BCUT2D eigenvalue weighted by molar-refractivity contribution is 0.584. The summed E-state index contributed by atoms with van der Waals surface area (Å²) in [7, 11) is 0. The van der Waals surface area contributed by atoms with E-state index in [9.17, 15) is 0 Å². The summed E-state index contributed by atoms with van der Waals surface area (Å²) in [5, 5.41) is 11.0. The number of benzene rings is 1. The topological polar surface area (TPSA) is 44.0 Å². The fourth-order valence-electron chi connectivity index (χ4n) is 2.53. The summed E-state index contributed by atoms with van der Waals surface area (Å²) in [5.41, 5.74) is 4.91. The maximum atomic E-state index is 4.46. The smallest absolute Gasteiger partial charge is 0.151 e. The Morgan fingerprint density at radius 3 is 2.68 bits per heavy atom. The zero-order valence-electron chi connectivity index (χ0n) is 11.5. The van der Waals surface area contributed by atoms with Crippen LogP contribution in [0.3, 0.4) is 0 Å². The van der Waals surface area contributed by atoms with Crippen molar-refractivity contribution in [2.75, 3.05) is 31.1 Å². The van der Waals surface area contributed by atoms with Crippen molar-refractivity contribution >= 4 is 5.82 Å². The summed E-state index contributed by atoms with van der Waals surface area (Å²) >= 11 is 0. The van der Waals surface area contributed by atoms with Gasteiger partial charge in [-0.1, -0.05) is 17.7 Å². The highest BCUT2D eigenvalue weighted by atomic mass is 15.3. The Kier molecular flexibility index (Phi) is 3.25. The van der Waals surface area contributed by atoms with E-state index in [0.29, 0.717) is 0 Å². The van der Waals surface area contributed by atoms with Gasteiger partial charge in [-0.3, -0.25) is 5.10 Å². The van der Waals surface area contributed by atoms with Crippen molar-refractivity contribution < 1.29 is 0 Å². The molecule has 4 heteroatoms. The number of aromatic amines is 1. The monoisotopic (exact) mass is 256 g/mol.